The zero-order valence-electron chi connectivity index (χ0n) is 11.0. The summed E-state index contributed by atoms with van der Waals surface area (Å²) in [6, 6.07) is 7.73. The van der Waals surface area contributed by atoms with Crippen molar-refractivity contribution < 1.29 is 9.53 Å². The standard InChI is InChI=1S/C16H17ClO2/c1-19-15(18)14-10-16(8-9-16)7-6-13(14)11-2-4-12(17)5-3-11/h2-5H,6-10H2,1H3. The molecular formula is C16H17ClO2. The summed E-state index contributed by atoms with van der Waals surface area (Å²) in [5.41, 5.74) is 3.51. The number of carbonyl (C=O) groups is 1. The summed E-state index contributed by atoms with van der Waals surface area (Å²) in [4.78, 5) is 12.0. The molecule has 2 aliphatic carbocycles. The molecule has 0 saturated heterocycles. The Morgan fingerprint density at radius 2 is 1.89 bits per heavy atom. The third-order valence-electron chi connectivity index (χ3n) is 4.40. The highest BCUT2D eigenvalue weighted by molar-refractivity contribution is 6.30. The van der Waals surface area contributed by atoms with Crippen molar-refractivity contribution in [1.29, 1.82) is 0 Å². The van der Waals surface area contributed by atoms with E-state index in [4.69, 9.17) is 16.3 Å². The molecule has 100 valence electrons. The van der Waals surface area contributed by atoms with Crippen LogP contribution in [0.25, 0.3) is 5.57 Å². The Bertz CT molecular complexity index is 538. The van der Waals surface area contributed by atoms with Gasteiger partial charge in [0, 0.05) is 10.6 Å². The predicted molar refractivity (Wildman–Crippen MR) is 75.9 cm³/mol. The molecule has 3 rings (SSSR count). The van der Waals surface area contributed by atoms with Crippen LogP contribution in [0, 0.1) is 5.41 Å². The Hall–Kier alpha value is -1.28. The van der Waals surface area contributed by atoms with E-state index in [9.17, 15) is 4.79 Å². The minimum absolute atomic E-state index is 0.170. The van der Waals surface area contributed by atoms with E-state index in [1.54, 1.807) is 0 Å². The summed E-state index contributed by atoms with van der Waals surface area (Å²) in [7, 11) is 1.46. The van der Waals surface area contributed by atoms with Gasteiger partial charge in [0.2, 0.25) is 0 Å². The van der Waals surface area contributed by atoms with Gasteiger partial charge in [-0.1, -0.05) is 23.7 Å². The number of hydrogen-bond acceptors (Lipinski definition) is 2. The zero-order valence-corrected chi connectivity index (χ0v) is 11.8. The maximum atomic E-state index is 12.0. The molecule has 1 fully saturated rings. The van der Waals surface area contributed by atoms with Crippen molar-refractivity contribution in [3.8, 4) is 0 Å². The normalized spacial score (nSPS) is 20.5. The van der Waals surface area contributed by atoms with Gasteiger partial charge in [-0.15, -0.1) is 0 Å². The molecule has 1 aromatic rings. The number of carbonyl (C=O) groups excluding carboxylic acids is 1. The van der Waals surface area contributed by atoms with Gasteiger partial charge in [0.05, 0.1) is 7.11 Å². The fourth-order valence-corrected chi connectivity index (χ4v) is 3.13. The highest BCUT2D eigenvalue weighted by Crippen LogP contribution is 2.58. The molecule has 0 bridgehead atoms. The molecule has 1 aromatic carbocycles. The highest BCUT2D eigenvalue weighted by atomic mass is 35.5. The van der Waals surface area contributed by atoms with Crippen LogP contribution in [0.5, 0.6) is 0 Å². The quantitative estimate of drug-likeness (QED) is 0.756. The molecule has 0 aliphatic heterocycles. The van der Waals surface area contributed by atoms with Crippen LogP contribution in [0.15, 0.2) is 29.8 Å². The first kappa shape index (κ1) is 12.7. The Morgan fingerprint density at radius 1 is 1.21 bits per heavy atom. The van der Waals surface area contributed by atoms with Crippen LogP contribution in [0.1, 0.15) is 37.7 Å². The van der Waals surface area contributed by atoms with E-state index in [1.807, 2.05) is 24.3 Å². The first-order valence-corrected chi connectivity index (χ1v) is 7.08. The lowest BCUT2D eigenvalue weighted by Gasteiger charge is -2.26. The summed E-state index contributed by atoms with van der Waals surface area (Å²) in [6.45, 7) is 0. The van der Waals surface area contributed by atoms with Gasteiger partial charge in [0.1, 0.15) is 0 Å². The van der Waals surface area contributed by atoms with Gasteiger partial charge in [-0.25, -0.2) is 4.79 Å². The second kappa shape index (κ2) is 4.68. The van der Waals surface area contributed by atoms with Crippen LogP contribution >= 0.6 is 11.6 Å². The molecule has 0 aromatic heterocycles. The molecule has 1 saturated carbocycles. The van der Waals surface area contributed by atoms with Crippen LogP contribution in [-0.2, 0) is 9.53 Å². The monoisotopic (exact) mass is 276 g/mol. The number of esters is 1. The Balaban J connectivity index is 2.00. The lowest BCUT2D eigenvalue weighted by atomic mass is 9.79. The van der Waals surface area contributed by atoms with Crippen LogP contribution < -0.4 is 0 Å². The molecule has 0 N–H and O–H groups in total. The minimum Gasteiger partial charge on any atom is -0.466 e. The summed E-state index contributed by atoms with van der Waals surface area (Å²) < 4.78 is 4.96. The molecule has 0 amide bonds. The van der Waals surface area contributed by atoms with E-state index in [1.165, 1.54) is 26.4 Å². The summed E-state index contributed by atoms with van der Waals surface area (Å²) in [6.07, 6.45) is 5.53. The van der Waals surface area contributed by atoms with Crippen LogP contribution in [-0.4, -0.2) is 13.1 Å². The maximum absolute atomic E-state index is 12.0. The topological polar surface area (TPSA) is 26.3 Å². The van der Waals surface area contributed by atoms with Crippen LogP contribution in [0.2, 0.25) is 5.02 Å². The SMILES string of the molecule is COC(=O)C1=C(c2ccc(Cl)cc2)CCC2(CC2)C1. The third kappa shape index (κ3) is 2.42. The molecule has 0 radical (unpaired) electrons. The lowest BCUT2D eigenvalue weighted by molar-refractivity contribution is -0.136. The number of ether oxygens (including phenoxy) is 1. The average molecular weight is 277 g/mol. The zero-order chi connectivity index (χ0) is 13.5. The third-order valence-corrected chi connectivity index (χ3v) is 4.65. The number of halogens is 1. The highest BCUT2D eigenvalue weighted by Gasteiger charge is 2.46. The first-order valence-electron chi connectivity index (χ1n) is 6.70. The van der Waals surface area contributed by atoms with Gasteiger partial charge in [0.15, 0.2) is 0 Å². The predicted octanol–water partition coefficient (Wildman–Crippen LogP) is 4.23. The first-order chi connectivity index (χ1) is 9.13. The van der Waals surface area contributed by atoms with Crippen molar-refractivity contribution in [2.24, 2.45) is 5.41 Å². The van der Waals surface area contributed by atoms with E-state index in [2.05, 4.69) is 0 Å². The summed E-state index contributed by atoms with van der Waals surface area (Å²) in [5, 5.41) is 0.721. The van der Waals surface area contributed by atoms with E-state index in [-0.39, 0.29) is 5.97 Å². The Kier molecular flexibility index (Phi) is 3.14. The fourth-order valence-electron chi connectivity index (χ4n) is 3.00. The van der Waals surface area contributed by atoms with Crippen LogP contribution in [0.3, 0.4) is 0 Å². The van der Waals surface area contributed by atoms with Crippen molar-refractivity contribution in [2.75, 3.05) is 7.11 Å². The van der Waals surface area contributed by atoms with Crippen molar-refractivity contribution in [3.63, 3.8) is 0 Å². The van der Waals surface area contributed by atoms with Crippen molar-refractivity contribution in [1.82, 2.24) is 0 Å². The summed E-state index contributed by atoms with van der Waals surface area (Å²) in [5.74, 6) is -0.170. The molecule has 0 atom stereocenters. The molecule has 19 heavy (non-hydrogen) atoms. The largest absolute Gasteiger partial charge is 0.466 e. The number of allylic oxidation sites excluding steroid dienone is 1. The Morgan fingerprint density at radius 3 is 2.47 bits per heavy atom. The number of rotatable bonds is 2. The molecule has 3 heteroatoms. The van der Waals surface area contributed by atoms with Gasteiger partial charge in [0.25, 0.3) is 0 Å². The molecule has 2 aliphatic rings. The van der Waals surface area contributed by atoms with Gasteiger partial charge < -0.3 is 4.74 Å². The second-order valence-corrected chi connectivity index (χ2v) is 6.07. The Labute approximate surface area is 118 Å². The fraction of sp³-hybridized carbons (Fsp3) is 0.438. The number of hydrogen-bond donors (Lipinski definition) is 0. The molecule has 2 nitrogen and oxygen atoms in total. The molecule has 0 unspecified atom stereocenters. The average Bonchev–Trinajstić information content (AvgIpc) is 3.18. The van der Waals surface area contributed by atoms with E-state index >= 15 is 0 Å². The minimum atomic E-state index is -0.170. The van der Waals surface area contributed by atoms with Gasteiger partial charge in [-0.3, -0.25) is 0 Å². The smallest absolute Gasteiger partial charge is 0.334 e. The molecule has 1 spiro atoms. The van der Waals surface area contributed by atoms with Crippen molar-refractivity contribution >= 4 is 23.1 Å². The van der Waals surface area contributed by atoms with E-state index in [0.29, 0.717) is 5.41 Å². The number of benzene rings is 1. The lowest BCUT2D eigenvalue weighted by Crippen LogP contribution is -2.17. The molecular weight excluding hydrogens is 260 g/mol. The van der Waals surface area contributed by atoms with E-state index in [0.717, 1.165) is 34.6 Å². The summed E-state index contributed by atoms with van der Waals surface area (Å²) >= 11 is 5.92. The van der Waals surface area contributed by atoms with Crippen molar-refractivity contribution in [2.45, 2.75) is 32.1 Å². The van der Waals surface area contributed by atoms with Crippen molar-refractivity contribution in [3.05, 3.63) is 40.4 Å². The van der Waals surface area contributed by atoms with Gasteiger partial charge >= 0.3 is 5.97 Å². The maximum Gasteiger partial charge on any atom is 0.334 e. The second-order valence-electron chi connectivity index (χ2n) is 5.63. The number of methoxy groups -OCH3 is 1. The van der Waals surface area contributed by atoms with Gasteiger partial charge in [-0.2, -0.15) is 0 Å². The molecule has 0 heterocycles. The van der Waals surface area contributed by atoms with Gasteiger partial charge in [-0.05, 0) is 60.8 Å². The van der Waals surface area contributed by atoms with E-state index < -0.39 is 0 Å². The van der Waals surface area contributed by atoms with Crippen LogP contribution in [0.4, 0.5) is 0 Å².